The Kier molecular flexibility index (Phi) is 53.4. The molecule has 2 saturated carbocycles. The third-order valence-electron chi connectivity index (χ3n) is 9.85. The van der Waals surface area contributed by atoms with Gasteiger partial charge in [-0.05, 0) is 77.5 Å². The minimum absolute atomic E-state index is 0. The summed E-state index contributed by atoms with van der Waals surface area (Å²) in [6.07, 6.45) is 4.43. The number of carbonyl (C=O) groups is 12. The Balaban J connectivity index is -0.000000113. The van der Waals surface area contributed by atoms with E-state index in [1.165, 1.54) is 7.11 Å². The van der Waals surface area contributed by atoms with E-state index in [-0.39, 0.29) is 137 Å². The summed E-state index contributed by atoms with van der Waals surface area (Å²) in [6.45, 7) is 19.0. The molecule has 27 heteroatoms. The van der Waals surface area contributed by atoms with Gasteiger partial charge in [0.15, 0.2) is 10.8 Å². The minimum atomic E-state index is -1.44. The molecule has 0 radical (unpaired) electrons. The van der Waals surface area contributed by atoms with Gasteiger partial charge in [-0.25, -0.2) is 0 Å². The standard InChI is InChI=1S/3C8H14O3.2C6H8O4.C5H8O4.2C3H10N2.2Pt/c3*1-8(2,3)6(9)4-5-7(10)11;2*7-4(8)6(5(9)10)2-1-3-6;1-9-5(8)3-2-4(6)7;2*4-2-1-3-5;;/h3*4-5H2,1-3H3,(H,10,11);2*1-3H2,(H,7,8)(H,9,10);2-3H2,1H3,(H,6,7);2*1-5H2;;/q;;;;;;;;2*+2. The van der Waals surface area contributed by atoms with Crippen molar-refractivity contribution in [3.63, 3.8) is 0 Å². The van der Waals surface area contributed by atoms with Crippen molar-refractivity contribution in [2.24, 2.45) is 50.0 Å². The number of carboxylic acids is 8. The van der Waals surface area contributed by atoms with Crippen LogP contribution in [0.5, 0.6) is 0 Å². The monoisotopic (exact) mass is 1430 g/mol. The number of methoxy groups -OCH3 is 1. The average Bonchev–Trinajstić information content (AvgIpc) is 3.19. The molecular weight excluding hydrogens is 1350 g/mol. The van der Waals surface area contributed by atoms with Crippen LogP contribution in [-0.4, -0.2) is 145 Å². The Bertz CT molecular complexity index is 1540. The van der Waals surface area contributed by atoms with E-state index in [0.717, 1.165) is 39.0 Å². The molecule has 2 aliphatic rings. The first-order valence-electron chi connectivity index (χ1n) is 23.0. The number of nitrogens with two attached hydrogens (primary N) is 4. The average molecular weight is 1430 g/mol. The van der Waals surface area contributed by atoms with Gasteiger partial charge >= 0.3 is 95.9 Å². The van der Waals surface area contributed by atoms with Crippen LogP contribution in [0.25, 0.3) is 0 Å². The fourth-order valence-corrected chi connectivity index (χ4v) is 4.43. The Morgan fingerprint density at radius 1 is 0.378 bits per heavy atom. The van der Waals surface area contributed by atoms with E-state index in [1.54, 1.807) is 62.3 Å². The maximum Gasteiger partial charge on any atom is 2.00 e. The summed E-state index contributed by atoms with van der Waals surface area (Å²) in [6, 6.07) is 0. The van der Waals surface area contributed by atoms with E-state index >= 15 is 0 Å². The number of aliphatic carboxylic acids is 8. The van der Waals surface area contributed by atoms with Gasteiger partial charge in [0.25, 0.3) is 0 Å². The quantitative estimate of drug-likeness (QED) is 0.0611. The number of ketones is 3. The zero-order valence-electron chi connectivity index (χ0n) is 44.5. The van der Waals surface area contributed by atoms with Gasteiger partial charge in [0, 0.05) is 35.5 Å². The van der Waals surface area contributed by atoms with E-state index in [9.17, 15) is 57.5 Å². The Hall–Kier alpha value is -4.54. The number of esters is 1. The predicted octanol–water partition coefficient (Wildman–Crippen LogP) is 3.66. The number of hydrogen-bond donors (Lipinski definition) is 12. The molecule has 0 aromatic heterocycles. The van der Waals surface area contributed by atoms with Gasteiger partial charge in [0.2, 0.25) is 0 Å². The van der Waals surface area contributed by atoms with Crippen LogP contribution in [0.3, 0.4) is 0 Å². The van der Waals surface area contributed by atoms with Crippen LogP contribution in [0.2, 0.25) is 0 Å². The van der Waals surface area contributed by atoms with Crippen LogP contribution >= 0.6 is 0 Å². The summed E-state index contributed by atoms with van der Waals surface area (Å²) in [7, 11) is 1.23. The van der Waals surface area contributed by atoms with Gasteiger partial charge < -0.3 is 68.5 Å². The maximum atomic E-state index is 11.1. The smallest absolute Gasteiger partial charge is 0.481 e. The van der Waals surface area contributed by atoms with E-state index in [4.69, 9.17) is 63.8 Å². The Morgan fingerprint density at radius 2 is 0.568 bits per heavy atom. The minimum Gasteiger partial charge on any atom is -0.481 e. The number of carboxylic acid groups (broad SMARTS) is 8. The third-order valence-corrected chi connectivity index (χ3v) is 9.85. The normalized spacial score (nSPS) is 12.9. The van der Waals surface area contributed by atoms with Gasteiger partial charge in [-0.15, -0.1) is 0 Å². The second kappa shape index (κ2) is 45.8. The fraction of sp³-hybridized carbons (Fsp3) is 0.745. The third kappa shape index (κ3) is 47.2. The molecule has 0 heterocycles. The van der Waals surface area contributed by atoms with Gasteiger partial charge in [0.1, 0.15) is 17.3 Å². The molecule has 0 aromatic carbocycles. The molecule has 74 heavy (non-hydrogen) atoms. The molecule has 25 nitrogen and oxygen atoms in total. The second-order valence-corrected chi connectivity index (χ2v) is 19.1. The largest absolute Gasteiger partial charge is 2.00 e. The molecular formula is C47H86N4O21Pt2+4. The van der Waals surface area contributed by atoms with E-state index in [0.29, 0.717) is 12.8 Å². The van der Waals surface area contributed by atoms with Gasteiger partial charge in [-0.2, -0.15) is 0 Å². The van der Waals surface area contributed by atoms with Crippen LogP contribution in [0.1, 0.15) is 165 Å². The van der Waals surface area contributed by atoms with Crippen molar-refractivity contribution in [2.75, 3.05) is 33.3 Å². The molecule has 0 spiro atoms. The summed E-state index contributed by atoms with van der Waals surface area (Å²) >= 11 is 0. The van der Waals surface area contributed by atoms with Crippen LogP contribution in [0, 0.1) is 27.1 Å². The SMILES string of the molecule is CC(C)(C)C(=O)CCC(=O)O.CC(C)(C)C(=O)CCC(=O)O.CC(C)(C)C(=O)CCC(=O)O.COC(=O)CCC(=O)O.NCCCN.NCCCN.O=C(O)C1(C(=O)O)CCC1.O=C(O)C1(C(=O)O)CCC1.[Pt+2].[Pt+2]. The van der Waals surface area contributed by atoms with E-state index in [2.05, 4.69) is 4.74 Å². The summed E-state index contributed by atoms with van der Waals surface area (Å²) in [5.41, 5.74) is 16.1. The first-order valence-corrected chi connectivity index (χ1v) is 23.0. The number of rotatable bonds is 20. The second-order valence-electron chi connectivity index (χ2n) is 19.1. The summed E-state index contributed by atoms with van der Waals surface area (Å²) in [5, 5.41) is 66.8. The van der Waals surface area contributed by atoms with Crippen molar-refractivity contribution in [1.82, 2.24) is 0 Å². The molecule has 436 valence electrons. The number of ether oxygens (including phenoxy) is 1. The van der Waals surface area contributed by atoms with Crippen molar-refractivity contribution in [3.8, 4) is 0 Å². The van der Waals surface area contributed by atoms with Crippen LogP contribution in [-0.2, 0) is 104 Å². The molecule has 0 amide bonds. The molecule has 0 aliphatic heterocycles. The number of hydrogen-bond acceptors (Lipinski definition) is 17. The zero-order valence-corrected chi connectivity index (χ0v) is 49.0. The first kappa shape index (κ1) is 86.2. The maximum absolute atomic E-state index is 11.1. The molecule has 0 unspecified atom stereocenters. The van der Waals surface area contributed by atoms with Crippen LogP contribution in [0.15, 0.2) is 0 Å². The Morgan fingerprint density at radius 3 is 0.649 bits per heavy atom. The van der Waals surface area contributed by atoms with Crippen molar-refractivity contribution in [2.45, 2.75) is 165 Å². The summed E-state index contributed by atoms with van der Waals surface area (Å²) in [5.74, 6) is -9.03. The summed E-state index contributed by atoms with van der Waals surface area (Å²) < 4.78 is 4.20. The molecule has 0 saturated heterocycles. The van der Waals surface area contributed by atoms with Crippen LogP contribution in [0.4, 0.5) is 0 Å². The van der Waals surface area contributed by atoms with Crippen LogP contribution < -0.4 is 22.9 Å². The van der Waals surface area contributed by atoms with E-state index < -0.39 is 80.8 Å². The van der Waals surface area contributed by atoms with Gasteiger partial charge in [-0.3, -0.25) is 57.5 Å². The van der Waals surface area contributed by atoms with Crippen molar-refractivity contribution >= 4 is 71.1 Å². The molecule has 0 bridgehead atoms. The molecule has 0 atom stereocenters. The van der Waals surface area contributed by atoms with Gasteiger partial charge in [-0.1, -0.05) is 62.3 Å². The predicted molar refractivity (Wildman–Crippen MR) is 261 cm³/mol. The van der Waals surface area contributed by atoms with Crippen molar-refractivity contribution in [1.29, 1.82) is 0 Å². The molecule has 2 fully saturated rings. The zero-order chi connectivity index (χ0) is 58.3. The topological polar surface area (TPSA) is 480 Å². The first-order chi connectivity index (χ1) is 32.7. The molecule has 0 aromatic rings. The van der Waals surface area contributed by atoms with Crippen molar-refractivity contribution in [3.05, 3.63) is 0 Å². The number of carbonyl (C=O) groups excluding carboxylic acids is 4. The van der Waals surface area contributed by atoms with E-state index in [1.807, 2.05) is 0 Å². The fourth-order valence-electron chi connectivity index (χ4n) is 4.43. The van der Waals surface area contributed by atoms with Crippen molar-refractivity contribution < 1.29 is 145 Å². The number of Topliss-reactive ketones (excluding diaryl/α,β-unsaturated/α-hetero) is 3. The molecule has 16 N–H and O–H groups in total. The van der Waals surface area contributed by atoms with Gasteiger partial charge in [0.05, 0.1) is 39.2 Å². The molecule has 2 rings (SSSR count). The Labute approximate surface area is 462 Å². The molecule has 2 aliphatic carbocycles. The summed E-state index contributed by atoms with van der Waals surface area (Å²) in [4.78, 5) is 125.